The standard InChI is InChI=1S/C36H38F4N8O3/c1-5-21-8-7-9-22(6-2)31(21)48-32(26-17-47(13-11-28(26)46-48)35-43-15-24(16-44-35)36(38,39)40)29-25-10-12-42-30(25)23(14-27(29)37)18-51-34(50)20(4)45-33(49)19(3)41/h7-10,12,14-16,19-20,42H,5-6,11,13,17-18,41H2,1-4H3,(H,45,49)/t19-,20-/m0/s1. The molecule has 0 unspecified atom stereocenters. The third kappa shape index (κ3) is 6.89. The number of para-hydroxylation sites is 1. The molecule has 0 aliphatic carbocycles. The Morgan fingerprint density at radius 2 is 1.76 bits per heavy atom. The molecule has 6 rings (SSSR count). The summed E-state index contributed by atoms with van der Waals surface area (Å²) in [4.78, 5) is 37.7. The predicted molar refractivity (Wildman–Crippen MR) is 182 cm³/mol. The van der Waals surface area contributed by atoms with E-state index in [0.29, 0.717) is 53.5 Å². The first kappa shape index (κ1) is 35.5. The molecular weight excluding hydrogens is 668 g/mol. The number of rotatable bonds is 10. The first-order valence-electron chi connectivity index (χ1n) is 16.7. The highest BCUT2D eigenvalue weighted by Gasteiger charge is 2.34. The minimum absolute atomic E-state index is 0.117. The molecule has 0 fully saturated rings. The predicted octanol–water partition coefficient (Wildman–Crippen LogP) is 5.55. The van der Waals surface area contributed by atoms with Crippen LogP contribution >= 0.6 is 0 Å². The molecule has 4 heterocycles. The molecule has 2 atom stereocenters. The van der Waals surface area contributed by atoms with E-state index < -0.39 is 41.5 Å². The van der Waals surface area contributed by atoms with Gasteiger partial charge in [0.05, 0.1) is 34.2 Å². The fourth-order valence-electron chi connectivity index (χ4n) is 6.38. The van der Waals surface area contributed by atoms with Gasteiger partial charge in [0.1, 0.15) is 18.5 Å². The number of hydrogen-bond acceptors (Lipinski definition) is 8. The van der Waals surface area contributed by atoms with Crippen molar-refractivity contribution in [1.29, 1.82) is 0 Å². The lowest BCUT2D eigenvalue weighted by molar-refractivity contribution is -0.148. The minimum Gasteiger partial charge on any atom is -0.459 e. The number of nitrogens with zero attached hydrogens (tertiary/aromatic N) is 5. The Kier molecular flexibility index (Phi) is 9.84. The largest absolute Gasteiger partial charge is 0.459 e. The summed E-state index contributed by atoms with van der Waals surface area (Å²) in [5, 5.41) is 8.07. The van der Waals surface area contributed by atoms with E-state index in [0.717, 1.165) is 34.9 Å². The lowest BCUT2D eigenvalue weighted by Crippen LogP contribution is -2.46. The van der Waals surface area contributed by atoms with Gasteiger partial charge in [-0.3, -0.25) is 4.79 Å². The van der Waals surface area contributed by atoms with Gasteiger partial charge in [0.25, 0.3) is 0 Å². The molecule has 268 valence electrons. The highest BCUT2D eigenvalue weighted by atomic mass is 19.4. The zero-order chi connectivity index (χ0) is 36.6. The van der Waals surface area contributed by atoms with Gasteiger partial charge in [-0.15, -0.1) is 0 Å². The van der Waals surface area contributed by atoms with Crippen molar-refractivity contribution < 1.29 is 31.9 Å². The molecule has 0 saturated heterocycles. The van der Waals surface area contributed by atoms with Crippen molar-refractivity contribution in [2.75, 3.05) is 11.4 Å². The Bertz CT molecular complexity index is 2070. The zero-order valence-corrected chi connectivity index (χ0v) is 28.6. The van der Waals surface area contributed by atoms with Crippen LogP contribution in [0.15, 0.2) is 48.9 Å². The fourth-order valence-corrected chi connectivity index (χ4v) is 6.38. The van der Waals surface area contributed by atoms with E-state index in [1.54, 1.807) is 21.8 Å². The van der Waals surface area contributed by atoms with Crippen molar-refractivity contribution in [3.63, 3.8) is 0 Å². The zero-order valence-electron chi connectivity index (χ0n) is 28.6. The molecular formula is C36H38F4N8O3. The molecule has 51 heavy (non-hydrogen) atoms. The number of fused-ring (bicyclic) bond motifs is 2. The maximum absolute atomic E-state index is 16.8. The van der Waals surface area contributed by atoms with Crippen LogP contribution in [0.3, 0.4) is 0 Å². The van der Waals surface area contributed by atoms with Gasteiger partial charge in [0.15, 0.2) is 0 Å². The van der Waals surface area contributed by atoms with Gasteiger partial charge in [-0.05, 0) is 49.9 Å². The van der Waals surface area contributed by atoms with Crippen molar-refractivity contribution in [2.45, 2.75) is 78.4 Å². The molecule has 0 bridgehead atoms. The number of hydrogen-bond donors (Lipinski definition) is 3. The molecule has 15 heteroatoms. The van der Waals surface area contributed by atoms with Gasteiger partial charge < -0.3 is 25.7 Å². The Labute approximate surface area is 291 Å². The minimum atomic E-state index is -4.58. The highest BCUT2D eigenvalue weighted by molar-refractivity contribution is 5.98. The summed E-state index contributed by atoms with van der Waals surface area (Å²) in [6.45, 7) is 7.32. The third-order valence-corrected chi connectivity index (χ3v) is 9.07. The van der Waals surface area contributed by atoms with Crippen LogP contribution < -0.4 is 16.0 Å². The van der Waals surface area contributed by atoms with Gasteiger partial charge in [-0.2, -0.15) is 18.3 Å². The number of H-pyrrole nitrogens is 1. The van der Waals surface area contributed by atoms with E-state index >= 15 is 4.39 Å². The number of carbonyl (C=O) groups excluding carboxylic acids is 2. The molecule has 0 saturated carbocycles. The normalized spacial score (nSPS) is 14.3. The number of amides is 1. The van der Waals surface area contributed by atoms with Crippen LogP contribution in [0.5, 0.6) is 0 Å². The monoisotopic (exact) mass is 706 g/mol. The summed E-state index contributed by atoms with van der Waals surface area (Å²) in [5.74, 6) is -1.70. The SMILES string of the molecule is CCc1cccc(CC)c1-n1nc2c(c1-c1c(F)cc(COC(=O)[C@H](C)NC(=O)[C@H](C)N)c3[nH]ccc13)CN(c1ncc(C(F)(F)F)cn1)CC2. The van der Waals surface area contributed by atoms with Gasteiger partial charge in [0.2, 0.25) is 11.9 Å². The number of halogens is 4. The van der Waals surface area contributed by atoms with Crippen molar-refractivity contribution in [2.24, 2.45) is 5.73 Å². The number of ether oxygens (including phenoxy) is 1. The number of aromatic amines is 1. The highest BCUT2D eigenvalue weighted by Crippen LogP contribution is 2.41. The second kappa shape index (κ2) is 14.1. The molecule has 3 aromatic heterocycles. The van der Waals surface area contributed by atoms with Crippen LogP contribution in [-0.4, -0.2) is 55.2 Å². The summed E-state index contributed by atoms with van der Waals surface area (Å²) in [6, 6.07) is 7.26. The molecule has 0 spiro atoms. The van der Waals surface area contributed by atoms with E-state index in [9.17, 15) is 22.8 Å². The quantitative estimate of drug-likeness (QED) is 0.127. The summed E-state index contributed by atoms with van der Waals surface area (Å²) in [5.41, 5.74) is 10.6. The summed E-state index contributed by atoms with van der Waals surface area (Å²) < 4.78 is 63.8. The van der Waals surface area contributed by atoms with Crippen LogP contribution in [-0.2, 0) is 52.9 Å². The Hall–Kier alpha value is -5.31. The molecule has 2 aromatic carbocycles. The smallest absolute Gasteiger partial charge is 0.419 e. The summed E-state index contributed by atoms with van der Waals surface area (Å²) >= 11 is 0. The topological polar surface area (TPSA) is 144 Å². The van der Waals surface area contributed by atoms with Crippen molar-refractivity contribution in [3.8, 4) is 16.9 Å². The lowest BCUT2D eigenvalue weighted by Gasteiger charge is -2.27. The van der Waals surface area contributed by atoms with Gasteiger partial charge in [-0.1, -0.05) is 32.0 Å². The van der Waals surface area contributed by atoms with Crippen LogP contribution in [0.1, 0.15) is 61.2 Å². The van der Waals surface area contributed by atoms with Gasteiger partial charge >= 0.3 is 12.1 Å². The average molecular weight is 707 g/mol. The van der Waals surface area contributed by atoms with E-state index in [2.05, 4.69) is 20.3 Å². The molecule has 1 aliphatic heterocycles. The molecule has 1 amide bonds. The fraction of sp³-hybridized carbons (Fsp3) is 0.361. The van der Waals surface area contributed by atoms with E-state index in [4.69, 9.17) is 15.6 Å². The first-order chi connectivity index (χ1) is 24.3. The molecule has 0 radical (unpaired) electrons. The number of anilines is 1. The maximum atomic E-state index is 16.8. The second-order valence-corrected chi connectivity index (χ2v) is 12.5. The maximum Gasteiger partial charge on any atom is 0.419 e. The second-order valence-electron chi connectivity index (χ2n) is 12.5. The van der Waals surface area contributed by atoms with Crippen LogP contribution in [0, 0.1) is 5.82 Å². The van der Waals surface area contributed by atoms with Crippen LogP contribution in [0.4, 0.5) is 23.5 Å². The van der Waals surface area contributed by atoms with Crippen LogP contribution in [0.25, 0.3) is 27.8 Å². The molecule has 5 aromatic rings. The number of nitrogens with one attached hydrogen (secondary N) is 2. The molecule has 1 aliphatic rings. The number of nitrogens with two attached hydrogens (primary N) is 1. The lowest BCUT2D eigenvalue weighted by atomic mass is 9.95. The van der Waals surface area contributed by atoms with E-state index in [1.807, 2.05) is 32.0 Å². The Morgan fingerprint density at radius 1 is 1.08 bits per heavy atom. The number of aromatic nitrogens is 5. The van der Waals surface area contributed by atoms with Crippen LogP contribution in [0.2, 0.25) is 0 Å². The van der Waals surface area contributed by atoms with Crippen molar-refractivity contribution in [3.05, 3.63) is 88.3 Å². The van der Waals surface area contributed by atoms with E-state index in [-0.39, 0.29) is 24.7 Å². The molecule has 4 N–H and O–H groups in total. The number of alkyl halides is 3. The third-order valence-electron chi connectivity index (χ3n) is 9.07. The molecule has 11 nitrogen and oxygen atoms in total. The number of carbonyl (C=O) groups is 2. The van der Waals surface area contributed by atoms with Gasteiger partial charge in [0, 0.05) is 60.2 Å². The van der Waals surface area contributed by atoms with Gasteiger partial charge in [-0.25, -0.2) is 23.8 Å². The van der Waals surface area contributed by atoms with Crippen molar-refractivity contribution in [1.82, 2.24) is 30.0 Å². The number of aryl methyl sites for hydroxylation is 2. The summed E-state index contributed by atoms with van der Waals surface area (Å²) in [6.07, 6.45) is 0.399. The Morgan fingerprint density at radius 3 is 2.39 bits per heavy atom. The number of benzene rings is 2. The average Bonchev–Trinajstić information content (AvgIpc) is 3.75. The van der Waals surface area contributed by atoms with Crippen molar-refractivity contribution >= 4 is 28.7 Å². The Balaban J connectivity index is 1.45. The first-order valence-corrected chi connectivity index (χ1v) is 16.7. The van der Waals surface area contributed by atoms with E-state index in [1.165, 1.54) is 19.9 Å². The number of esters is 1. The summed E-state index contributed by atoms with van der Waals surface area (Å²) in [7, 11) is 0.